The normalized spacial score (nSPS) is 10.5. The summed E-state index contributed by atoms with van der Waals surface area (Å²) in [7, 11) is 0. The van der Waals surface area contributed by atoms with Gasteiger partial charge in [0.15, 0.2) is 0 Å². The highest BCUT2D eigenvalue weighted by Crippen LogP contribution is 2.28. The highest BCUT2D eigenvalue weighted by molar-refractivity contribution is 7.17. The number of nitrogens with one attached hydrogen (secondary N) is 1. The van der Waals surface area contributed by atoms with E-state index in [1.807, 2.05) is 30.3 Å². The van der Waals surface area contributed by atoms with Gasteiger partial charge in [-0.3, -0.25) is 4.79 Å². The van der Waals surface area contributed by atoms with Crippen molar-refractivity contribution in [2.24, 2.45) is 0 Å². The molecule has 3 aromatic rings. The van der Waals surface area contributed by atoms with E-state index < -0.39 is 0 Å². The van der Waals surface area contributed by atoms with E-state index in [0.717, 1.165) is 11.1 Å². The monoisotopic (exact) mass is 326 g/mol. The summed E-state index contributed by atoms with van der Waals surface area (Å²) < 4.78 is 13.0. The van der Waals surface area contributed by atoms with Crippen LogP contribution in [0.5, 0.6) is 0 Å². The van der Waals surface area contributed by atoms with E-state index in [1.165, 1.54) is 23.5 Å². The second kappa shape index (κ2) is 6.71. The Morgan fingerprint density at radius 1 is 1.13 bits per heavy atom. The van der Waals surface area contributed by atoms with Gasteiger partial charge in [0, 0.05) is 12.1 Å². The third kappa shape index (κ3) is 3.63. The number of amides is 1. The van der Waals surface area contributed by atoms with Crippen LogP contribution in [-0.4, -0.2) is 10.9 Å². The van der Waals surface area contributed by atoms with E-state index >= 15 is 0 Å². The minimum atomic E-state index is -0.289. The van der Waals surface area contributed by atoms with Crippen LogP contribution in [0.25, 0.3) is 10.6 Å². The molecule has 1 amide bonds. The fraction of sp³-hybridized carbons (Fsp3) is 0.111. The van der Waals surface area contributed by atoms with Gasteiger partial charge in [-0.1, -0.05) is 30.3 Å². The zero-order valence-corrected chi connectivity index (χ0v) is 13.4. The molecule has 0 unspecified atom stereocenters. The van der Waals surface area contributed by atoms with Crippen LogP contribution in [-0.2, 0) is 6.54 Å². The Bertz CT molecular complexity index is 813. The Balaban J connectivity index is 1.75. The maximum atomic E-state index is 13.0. The van der Waals surface area contributed by atoms with Crippen molar-refractivity contribution in [2.45, 2.75) is 13.5 Å². The van der Waals surface area contributed by atoms with Crippen molar-refractivity contribution >= 4 is 17.2 Å². The largest absolute Gasteiger partial charge is 0.347 e. The lowest BCUT2D eigenvalue weighted by atomic mass is 10.2. The Morgan fingerprint density at radius 3 is 2.52 bits per heavy atom. The molecule has 0 aliphatic rings. The number of aromatic nitrogens is 1. The fourth-order valence-electron chi connectivity index (χ4n) is 2.18. The number of thiazole rings is 1. The van der Waals surface area contributed by atoms with E-state index in [-0.39, 0.29) is 11.7 Å². The molecular weight excluding hydrogens is 311 g/mol. The van der Waals surface area contributed by atoms with Crippen LogP contribution in [0, 0.1) is 12.7 Å². The molecule has 0 saturated heterocycles. The zero-order valence-electron chi connectivity index (χ0n) is 12.5. The van der Waals surface area contributed by atoms with Gasteiger partial charge >= 0.3 is 0 Å². The van der Waals surface area contributed by atoms with Gasteiger partial charge in [-0.2, -0.15) is 0 Å². The fourth-order valence-corrected chi connectivity index (χ4v) is 3.17. The first kappa shape index (κ1) is 15.4. The molecule has 0 radical (unpaired) electrons. The number of rotatable bonds is 4. The first-order chi connectivity index (χ1) is 11.1. The van der Waals surface area contributed by atoms with E-state index in [9.17, 15) is 9.18 Å². The van der Waals surface area contributed by atoms with Crippen LogP contribution < -0.4 is 5.32 Å². The standard InChI is InChI=1S/C18H15FN2OS/c1-12-16(17(22)20-11-13-5-3-2-4-6-13)23-18(21-12)14-7-9-15(19)10-8-14/h2-10H,11H2,1H3,(H,20,22). The molecule has 3 nitrogen and oxygen atoms in total. The number of carbonyl (C=O) groups excluding carboxylic acids is 1. The van der Waals surface area contributed by atoms with Crippen molar-refractivity contribution in [3.8, 4) is 10.6 Å². The summed E-state index contributed by atoms with van der Waals surface area (Å²) in [6.07, 6.45) is 0. The summed E-state index contributed by atoms with van der Waals surface area (Å²) in [6.45, 7) is 2.28. The molecule has 116 valence electrons. The van der Waals surface area contributed by atoms with Crippen molar-refractivity contribution in [1.82, 2.24) is 10.3 Å². The molecule has 2 aromatic carbocycles. The van der Waals surface area contributed by atoms with Gasteiger partial charge in [0.2, 0.25) is 0 Å². The van der Waals surface area contributed by atoms with Crippen molar-refractivity contribution in [2.75, 3.05) is 0 Å². The Hall–Kier alpha value is -2.53. The van der Waals surface area contributed by atoms with Crippen molar-refractivity contribution in [3.05, 3.63) is 76.5 Å². The summed E-state index contributed by atoms with van der Waals surface area (Å²) in [4.78, 5) is 17.3. The SMILES string of the molecule is Cc1nc(-c2ccc(F)cc2)sc1C(=O)NCc1ccccc1. The molecule has 0 fully saturated rings. The van der Waals surface area contributed by atoms with Gasteiger partial charge in [0.25, 0.3) is 5.91 Å². The van der Waals surface area contributed by atoms with Gasteiger partial charge in [-0.25, -0.2) is 9.37 Å². The molecule has 0 saturated carbocycles. The Morgan fingerprint density at radius 2 is 1.83 bits per heavy atom. The molecule has 5 heteroatoms. The number of hydrogen-bond donors (Lipinski definition) is 1. The summed E-state index contributed by atoms with van der Waals surface area (Å²) >= 11 is 1.32. The topological polar surface area (TPSA) is 42.0 Å². The average molecular weight is 326 g/mol. The van der Waals surface area contributed by atoms with Crippen LogP contribution in [0.3, 0.4) is 0 Å². The number of hydrogen-bond acceptors (Lipinski definition) is 3. The highest BCUT2D eigenvalue weighted by Gasteiger charge is 2.16. The van der Waals surface area contributed by atoms with Gasteiger partial charge in [-0.15, -0.1) is 11.3 Å². The van der Waals surface area contributed by atoms with E-state index in [1.54, 1.807) is 19.1 Å². The molecule has 0 bridgehead atoms. The summed E-state index contributed by atoms with van der Waals surface area (Å²) in [5.74, 6) is -0.430. The number of nitrogens with zero attached hydrogens (tertiary/aromatic N) is 1. The number of halogens is 1. The summed E-state index contributed by atoms with van der Waals surface area (Å²) in [6, 6.07) is 15.8. The van der Waals surface area contributed by atoms with E-state index in [4.69, 9.17) is 0 Å². The minimum Gasteiger partial charge on any atom is -0.347 e. The van der Waals surface area contributed by atoms with Crippen LogP contribution >= 0.6 is 11.3 Å². The minimum absolute atomic E-state index is 0.141. The molecule has 23 heavy (non-hydrogen) atoms. The molecular formula is C18H15FN2OS. The maximum absolute atomic E-state index is 13.0. The maximum Gasteiger partial charge on any atom is 0.263 e. The van der Waals surface area contributed by atoms with E-state index in [2.05, 4.69) is 10.3 Å². The van der Waals surface area contributed by atoms with Crippen molar-refractivity contribution in [1.29, 1.82) is 0 Å². The molecule has 0 aliphatic carbocycles. The lowest BCUT2D eigenvalue weighted by Gasteiger charge is -2.03. The predicted molar refractivity (Wildman–Crippen MR) is 89.9 cm³/mol. The summed E-state index contributed by atoms with van der Waals surface area (Å²) in [5.41, 5.74) is 2.53. The first-order valence-corrected chi connectivity index (χ1v) is 8.00. The molecule has 3 rings (SSSR count). The number of aryl methyl sites for hydroxylation is 1. The van der Waals surface area contributed by atoms with Gasteiger partial charge in [0.1, 0.15) is 15.7 Å². The van der Waals surface area contributed by atoms with Gasteiger partial charge in [-0.05, 0) is 36.8 Å². The number of carbonyl (C=O) groups is 1. The van der Waals surface area contributed by atoms with Crippen LogP contribution in [0.1, 0.15) is 20.9 Å². The molecule has 0 aliphatic heterocycles. The second-order valence-electron chi connectivity index (χ2n) is 5.11. The van der Waals surface area contributed by atoms with Crippen LogP contribution in [0.4, 0.5) is 4.39 Å². The zero-order chi connectivity index (χ0) is 16.2. The van der Waals surface area contributed by atoms with Gasteiger partial charge < -0.3 is 5.32 Å². The van der Waals surface area contributed by atoms with Crippen molar-refractivity contribution in [3.63, 3.8) is 0 Å². The Kier molecular flexibility index (Phi) is 4.48. The predicted octanol–water partition coefficient (Wildman–Crippen LogP) is 4.19. The van der Waals surface area contributed by atoms with Crippen molar-refractivity contribution < 1.29 is 9.18 Å². The Labute approximate surface area is 137 Å². The lowest BCUT2D eigenvalue weighted by molar-refractivity contribution is 0.0954. The molecule has 1 heterocycles. The molecule has 1 aromatic heterocycles. The smallest absolute Gasteiger partial charge is 0.263 e. The average Bonchev–Trinajstić information content (AvgIpc) is 2.96. The van der Waals surface area contributed by atoms with Gasteiger partial charge in [0.05, 0.1) is 5.69 Å². The molecule has 1 N–H and O–H groups in total. The second-order valence-corrected chi connectivity index (χ2v) is 6.11. The quantitative estimate of drug-likeness (QED) is 0.781. The van der Waals surface area contributed by atoms with Crippen LogP contribution in [0.15, 0.2) is 54.6 Å². The van der Waals surface area contributed by atoms with Crippen LogP contribution in [0.2, 0.25) is 0 Å². The lowest BCUT2D eigenvalue weighted by Crippen LogP contribution is -2.22. The van der Waals surface area contributed by atoms with E-state index in [0.29, 0.717) is 22.1 Å². The summed E-state index contributed by atoms with van der Waals surface area (Å²) in [5, 5.41) is 3.62. The highest BCUT2D eigenvalue weighted by atomic mass is 32.1. The molecule has 0 atom stereocenters. The number of benzene rings is 2. The first-order valence-electron chi connectivity index (χ1n) is 7.19. The third-order valence-electron chi connectivity index (χ3n) is 3.39. The third-order valence-corrected chi connectivity index (χ3v) is 4.60. The molecule has 0 spiro atoms.